The van der Waals surface area contributed by atoms with Crippen LogP contribution in [0, 0.1) is 0 Å². The lowest BCUT2D eigenvalue weighted by atomic mass is 10.0. The van der Waals surface area contributed by atoms with Crippen molar-refractivity contribution >= 4 is 27.5 Å². The molecule has 24 heavy (non-hydrogen) atoms. The number of halogens is 1. The molecule has 4 rings (SSSR count). The van der Waals surface area contributed by atoms with Crippen molar-refractivity contribution < 1.29 is 4.79 Å². The number of hydrogen-bond acceptors (Lipinski definition) is 2. The van der Waals surface area contributed by atoms with Crippen LogP contribution in [0.2, 0.25) is 0 Å². The molecule has 1 aliphatic rings. The van der Waals surface area contributed by atoms with Gasteiger partial charge in [-0.15, -0.1) is 0 Å². The van der Waals surface area contributed by atoms with Crippen LogP contribution >= 0.6 is 15.9 Å². The van der Waals surface area contributed by atoms with Gasteiger partial charge >= 0.3 is 0 Å². The Morgan fingerprint density at radius 2 is 1.96 bits per heavy atom. The first-order valence-corrected chi connectivity index (χ1v) is 8.72. The molecule has 4 nitrogen and oxygen atoms in total. The smallest absolute Gasteiger partial charge is 0.261 e. The Morgan fingerprint density at radius 1 is 1.12 bits per heavy atom. The number of anilines is 1. The third-order valence-electron chi connectivity index (χ3n) is 4.26. The van der Waals surface area contributed by atoms with Crippen LogP contribution in [0.15, 0.2) is 65.4 Å². The zero-order valence-corrected chi connectivity index (χ0v) is 14.6. The Hall–Kier alpha value is -2.40. The molecule has 1 aromatic heterocycles. The van der Waals surface area contributed by atoms with Gasteiger partial charge in [0, 0.05) is 22.9 Å². The molecule has 0 fully saturated rings. The largest absolute Gasteiger partial charge is 0.308 e. The van der Waals surface area contributed by atoms with Gasteiger partial charge in [-0.25, -0.2) is 4.68 Å². The first-order chi connectivity index (χ1) is 11.7. The van der Waals surface area contributed by atoms with E-state index in [1.54, 1.807) is 17.1 Å². The van der Waals surface area contributed by atoms with Crippen molar-refractivity contribution in [1.29, 1.82) is 0 Å². The zero-order valence-electron chi connectivity index (χ0n) is 13.0. The molecule has 1 amide bonds. The van der Waals surface area contributed by atoms with E-state index in [9.17, 15) is 4.79 Å². The van der Waals surface area contributed by atoms with Gasteiger partial charge in [0.05, 0.1) is 17.4 Å². The normalized spacial score (nSPS) is 13.6. The molecule has 0 bridgehead atoms. The Morgan fingerprint density at radius 3 is 2.79 bits per heavy atom. The number of rotatable bonds is 2. The highest BCUT2D eigenvalue weighted by molar-refractivity contribution is 9.10. The van der Waals surface area contributed by atoms with Gasteiger partial charge in [0.1, 0.15) is 0 Å². The number of nitrogens with zero attached hydrogens (tertiary/aromatic N) is 3. The quantitative estimate of drug-likeness (QED) is 0.666. The summed E-state index contributed by atoms with van der Waals surface area (Å²) in [6.07, 6.45) is 5.41. The van der Waals surface area contributed by atoms with Gasteiger partial charge in [-0.05, 0) is 48.7 Å². The van der Waals surface area contributed by atoms with E-state index >= 15 is 0 Å². The molecule has 0 saturated carbocycles. The van der Waals surface area contributed by atoms with Crippen LogP contribution in [-0.2, 0) is 6.42 Å². The van der Waals surface area contributed by atoms with Crippen LogP contribution in [0.1, 0.15) is 22.3 Å². The molecule has 0 spiro atoms. The second kappa shape index (κ2) is 6.24. The Balaban J connectivity index is 1.65. The topological polar surface area (TPSA) is 38.1 Å². The minimum Gasteiger partial charge on any atom is -0.308 e. The van der Waals surface area contributed by atoms with E-state index in [2.05, 4.69) is 27.1 Å². The molecule has 0 N–H and O–H groups in total. The number of carbonyl (C=O) groups is 1. The van der Waals surface area contributed by atoms with Gasteiger partial charge in [-0.1, -0.05) is 34.1 Å². The first kappa shape index (κ1) is 15.1. The van der Waals surface area contributed by atoms with E-state index in [-0.39, 0.29) is 5.91 Å². The number of aryl methyl sites for hydroxylation is 1. The van der Waals surface area contributed by atoms with Gasteiger partial charge < -0.3 is 4.90 Å². The van der Waals surface area contributed by atoms with Gasteiger partial charge in [-0.2, -0.15) is 5.10 Å². The highest BCUT2D eigenvalue weighted by atomic mass is 79.9. The van der Waals surface area contributed by atoms with E-state index < -0.39 is 0 Å². The minimum absolute atomic E-state index is 0.000420. The van der Waals surface area contributed by atoms with Crippen molar-refractivity contribution in [3.63, 3.8) is 0 Å². The van der Waals surface area contributed by atoms with Crippen LogP contribution in [0.25, 0.3) is 5.69 Å². The Bertz CT molecular complexity index is 889. The van der Waals surface area contributed by atoms with Crippen molar-refractivity contribution in [3.8, 4) is 5.69 Å². The monoisotopic (exact) mass is 381 g/mol. The maximum Gasteiger partial charge on any atom is 0.261 e. The molecular formula is C19H16BrN3O. The summed E-state index contributed by atoms with van der Waals surface area (Å²) < 4.78 is 2.78. The van der Waals surface area contributed by atoms with E-state index in [0.717, 1.165) is 35.2 Å². The molecule has 0 radical (unpaired) electrons. The van der Waals surface area contributed by atoms with Crippen molar-refractivity contribution in [2.45, 2.75) is 12.8 Å². The van der Waals surface area contributed by atoms with E-state index in [4.69, 9.17) is 0 Å². The summed E-state index contributed by atoms with van der Waals surface area (Å²) in [7, 11) is 0. The molecule has 1 aliphatic heterocycles. The van der Waals surface area contributed by atoms with Crippen LogP contribution in [0.5, 0.6) is 0 Å². The van der Waals surface area contributed by atoms with E-state index in [0.29, 0.717) is 5.56 Å². The number of aromatic nitrogens is 2. The van der Waals surface area contributed by atoms with Crippen LogP contribution < -0.4 is 4.90 Å². The summed E-state index contributed by atoms with van der Waals surface area (Å²) in [4.78, 5) is 14.8. The highest BCUT2D eigenvalue weighted by Gasteiger charge is 2.24. The van der Waals surface area contributed by atoms with Crippen molar-refractivity contribution in [2.24, 2.45) is 0 Å². The number of fused-ring (bicyclic) bond motifs is 1. The SMILES string of the molecule is O=C(c1cnn(-c2ccccc2)c1)N1CCCc2cc(Br)ccc21. The predicted molar refractivity (Wildman–Crippen MR) is 97.7 cm³/mol. The standard InChI is InChI=1S/C19H16BrN3O/c20-16-8-9-18-14(11-16)5-4-10-22(18)19(24)15-12-21-23(13-15)17-6-2-1-3-7-17/h1-3,6-9,11-13H,4-5,10H2. The molecule has 120 valence electrons. The van der Waals surface area contributed by atoms with Gasteiger partial charge in [0.15, 0.2) is 0 Å². The second-order valence-corrected chi connectivity index (χ2v) is 6.76. The number of hydrogen-bond donors (Lipinski definition) is 0. The molecule has 0 aliphatic carbocycles. The van der Waals surface area contributed by atoms with Crippen LogP contribution in [0.4, 0.5) is 5.69 Å². The summed E-state index contributed by atoms with van der Waals surface area (Å²) >= 11 is 3.50. The number of carbonyl (C=O) groups excluding carboxylic acids is 1. The molecule has 2 heterocycles. The Labute approximate surface area is 148 Å². The average molecular weight is 382 g/mol. The van der Waals surface area contributed by atoms with Crippen molar-refractivity contribution in [3.05, 3.63) is 76.5 Å². The average Bonchev–Trinajstić information content (AvgIpc) is 3.11. The molecule has 5 heteroatoms. The summed E-state index contributed by atoms with van der Waals surface area (Å²) in [6.45, 7) is 0.740. The summed E-state index contributed by atoms with van der Waals surface area (Å²) in [5, 5.41) is 4.33. The molecule has 0 unspecified atom stereocenters. The van der Waals surface area contributed by atoms with Crippen LogP contribution in [0.3, 0.4) is 0 Å². The number of para-hydroxylation sites is 1. The second-order valence-electron chi connectivity index (χ2n) is 5.84. The fourth-order valence-corrected chi connectivity index (χ4v) is 3.50. The fraction of sp³-hybridized carbons (Fsp3) is 0.158. The fourth-order valence-electron chi connectivity index (χ4n) is 3.09. The third kappa shape index (κ3) is 2.76. The summed E-state index contributed by atoms with van der Waals surface area (Å²) in [6, 6.07) is 15.9. The molecule has 0 saturated heterocycles. The van der Waals surface area contributed by atoms with E-state index in [1.165, 1.54) is 5.56 Å². The van der Waals surface area contributed by atoms with Crippen LogP contribution in [-0.4, -0.2) is 22.2 Å². The minimum atomic E-state index is 0.000420. The van der Waals surface area contributed by atoms with E-state index in [1.807, 2.05) is 47.4 Å². The maximum atomic E-state index is 13.0. The van der Waals surface area contributed by atoms with Gasteiger partial charge in [0.25, 0.3) is 5.91 Å². The lowest BCUT2D eigenvalue weighted by Crippen LogP contribution is -2.35. The van der Waals surface area contributed by atoms with Gasteiger partial charge in [-0.3, -0.25) is 4.79 Å². The van der Waals surface area contributed by atoms with Crippen molar-refractivity contribution in [2.75, 3.05) is 11.4 Å². The molecule has 3 aromatic rings. The van der Waals surface area contributed by atoms with Crippen molar-refractivity contribution in [1.82, 2.24) is 9.78 Å². The third-order valence-corrected chi connectivity index (χ3v) is 4.75. The highest BCUT2D eigenvalue weighted by Crippen LogP contribution is 2.30. The van der Waals surface area contributed by atoms with Gasteiger partial charge in [0.2, 0.25) is 0 Å². The lowest BCUT2D eigenvalue weighted by molar-refractivity contribution is 0.0985. The molecule has 0 atom stereocenters. The summed E-state index contributed by atoms with van der Waals surface area (Å²) in [5.74, 6) is 0.000420. The Kier molecular flexibility index (Phi) is 3.94. The predicted octanol–water partition coefficient (Wildman–Crippen LogP) is 4.23. The number of amides is 1. The molecule has 2 aromatic carbocycles. The number of benzene rings is 2. The lowest BCUT2D eigenvalue weighted by Gasteiger charge is -2.29. The molecular weight excluding hydrogens is 366 g/mol. The summed E-state index contributed by atoms with van der Waals surface area (Å²) in [5.41, 5.74) is 3.76. The maximum absolute atomic E-state index is 13.0. The zero-order chi connectivity index (χ0) is 16.5. The first-order valence-electron chi connectivity index (χ1n) is 7.93.